The lowest BCUT2D eigenvalue weighted by Gasteiger charge is -2.08. The van der Waals surface area contributed by atoms with E-state index in [-0.39, 0.29) is 11.8 Å². The minimum atomic E-state index is -0.488. The summed E-state index contributed by atoms with van der Waals surface area (Å²) in [7, 11) is 0. The van der Waals surface area contributed by atoms with Gasteiger partial charge in [0.1, 0.15) is 5.82 Å². The molecule has 82 valence electrons. The molecule has 1 fully saturated rings. The van der Waals surface area contributed by atoms with Gasteiger partial charge in [0.15, 0.2) is 0 Å². The standard InChI is InChI=1S/C9H13N3O3/c1-3-11-6(2)10-8(13)12(9(11)14)4-7-5-15-7/h7H,3-5H2,1-2H3. The van der Waals surface area contributed by atoms with Crippen molar-refractivity contribution in [1.82, 2.24) is 14.1 Å². The van der Waals surface area contributed by atoms with E-state index < -0.39 is 5.69 Å². The molecule has 2 rings (SSSR count). The molecule has 15 heavy (non-hydrogen) atoms. The molecular formula is C9H13N3O3. The Morgan fingerprint density at radius 2 is 2.13 bits per heavy atom. The number of ether oxygens (including phenoxy) is 1. The molecule has 0 saturated carbocycles. The van der Waals surface area contributed by atoms with E-state index in [0.717, 1.165) is 4.57 Å². The summed E-state index contributed by atoms with van der Waals surface area (Å²) in [6.07, 6.45) is 0.00483. The summed E-state index contributed by atoms with van der Waals surface area (Å²) in [4.78, 5) is 27.1. The molecule has 1 saturated heterocycles. The lowest BCUT2D eigenvalue weighted by Crippen LogP contribution is -2.43. The summed E-state index contributed by atoms with van der Waals surface area (Å²) in [5.41, 5.74) is -0.789. The van der Waals surface area contributed by atoms with Crippen LogP contribution in [0.1, 0.15) is 12.7 Å². The first-order chi connectivity index (χ1) is 7.13. The monoisotopic (exact) mass is 211 g/mol. The quantitative estimate of drug-likeness (QED) is 0.609. The van der Waals surface area contributed by atoms with Crippen LogP contribution in [0.2, 0.25) is 0 Å². The van der Waals surface area contributed by atoms with E-state index in [0.29, 0.717) is 25.5 Å². The third-order valence-corrected chi connectivity index (χ3v) is 2.45. The van der Waals surface area contributed by atoms with Crippen LogP contribution >= 0.6 is 0 Å². The molecule has 0 bridgehead atoms. The summed E-state index contributed by atoms with van der Waals surface area (Å²) in [5, 5.41) is 0. The minimum Gasteiger partial charge on any atom is -0.371 e. The second kappa shape index (κ2) is 3.62. The lowest BCUT2D eigenvalue weighted by molar-refractivity contribution is 0.369. The summed E-state index contributed by atoms with van der Waals surface area (Å²) in [5.74, 6) is 0.459. The van der Waals surface area contributed by atoms with Crippen molar-refractivity contribution in [2.75, 3.05) is 6.61 Å². The number of nitrogens with zero attached hydrogens (tertiary/aromatic N) is 3. The SMILES string of the molecule is CCn1c(C)nc(=O)n(CC2CO2)c1=O. The third-order valence-electron chi connectivity index (χ3n) is 2.45. The van der Waals surface area contributed by atoms with Crippen molar-refractivity contribution in [2.24, 2.45) is 0 Å². The molecule has 0 amide bonds. The smallest absolute Gasteiger partial charge is 0.353 e. The van der Waals surface area contributed by atoms with Gasteiger partial charge in [-0.3, -0.25) is 4.57 Å². The zero-order valence-electron chi connectivity index (χ0n) is 8.77. The highest BCUT2D eigenvalue weighted by molar-refractivity contribution is 4.86. The second-order valence-corrected chi connectivity index (χ2v) is 3.53. The predicted octanol–water partition coefficient (Wildman–Crippen LogP) is -0.868. The molecule has 1 aliphatic rings. The minimum absolute atomic E-state index is 0.00483. The zero-order valence-corrected chi connectivity index (χ0v) is 8.77. The van der Waals surface area contributed by atoms with Crippen molar-refractivity contribution in [1.29, 1.82) is 0 Å². The first-order valence-electron chi connectivity index (χ1n) is 4.93. The van der Waals surface area contributed by atoms with Crippen molar-refractivity contribution in [2.45, 2.75) is 33.0 Å². The van der Waals surface area contributed by atoms with Gasteiger partial charge in [0.25, 0.3) is 0 Å². The van der Waals surface area contributed by atoms with Crippen LogP contribution in [-0.2, 0) is 17.8 Å². The van der Waals surface area contributed by atoms with Crippen LogP contribution in [0.5, 0.6) is 0 Å². The van der Waals surface area contributed by atoms with Crippen molar-refractivity contribution >= 4 is 0 Å². The van der Waals surface area contributed by atoms with E-state index in [2.05, 4.69) is 4.98 Å². The number of hydrogen-bond acceptors (Lipinski definition) is 4. The molecule has 0 aromatic carbocycles. The molecule has 6 heteroatoms. The van der Waals surface area contributed by atoms with Gasteiger partial charge in [-0.1, -0.05) is 0 Å². The van der Waals surface area contributed by atoms with Crippen LogP contribution in [0.4, 0.5) is 0 Å². The average molecular weight is 211 g/mol. The maximum atomic E-state index is 11.8. The van der Waals surface area contributed by atoms with E-state index in [1.54, 1.807) is 6.92 Å². The van der Waals surface area contributed by atoms with E-state index >= 15 is 0 Å². The molecule has 1 aromatic rings. The van der Waals surface area contributed by atoms with Crippen LogP contribution in [-0.4, -0.2) is 26.8 Å². The van der Waals surface area contributed by atoms with Gasteiger partial charge in [0.2, 0.25) is 0 Å². The molecule has 6 nitrogen and oxygen atoms in total. The Morgan fingerprint density at radius 1 is 1.47 bits per heavy atom. The fourth-order valence-electron chi connectivity index (χ4n) is 1.52. The molecule has 1 unspecified atom stereocenters. The van der Waals surface area contributed by atoms with Crippen molar-refractivity contribution < 1.29 is 4.74 Å². The van der Waals surface area contributed by atoms with Crippen LogP contribution in [0, 0.1) is 6.92 Å². The first-order valence-corrected chi connectivity index (χ1v) is 4.93. The van der Waals surface area contributed by atoms with Gasteiger partial charge in [-0.05, 0) is 13.8 Å². The Hall–Kier alpha value is -1.43. The van der Waals surface area contributed by atoms with Gasteiger partial charge in [0.05, 0.1) is 19.3 Å². The molecule has 0 radical (unpaired) electrons. The Balaban J connectivity index is 2.52. The summed E-state index contributed by atoms with van der Waals surface area (Å²) in [6, 6.07) is 0. The van der Waals surface area contributed by atoms with E-state index in [1.165, 1.54) is 4.57 Å². The third kappa shape index (κ3) is 1.85. The number of rotatable bonds is 3. The van der Waals surface area contributed by atoms with Crippen molar-refractivity contribution in [3.05, 3.63) is 26.8 Å². The maximum Gasteiger partial charge on any atom is 0.353 e. The maximum absolute atomic E-state index is 11.8. The molecule has 0 spiro atoms. The Morgan fingerprint density at radius 3 is 2.67 bits per heavy atom. The highest BCUT2D eigenvalue weighted by Gasteiger charge is 2.25. The summed E-state index contributed by atoms with van der Waals surface area (Å²) < 4.78 is 7.60. The van der Waals surface area contributed by atoms with Gasteiger partial charge in [-0.25, -0.2) is 14.2 Å². The molecule has 1 aromatic heterocycles. The van der Waals surface area contributed by atoms with Gasteiger partial charge >= 0.3 is 11.4 Å². The number of epoxide rings is 1. The van der Waals surface area contributed by atoms with Crippen molar-refractivity contribution in [3.63, 3.8) is 0 Å². The zero-order chi connectivity index (χ0) is 11.0. The fraction of sp³-hybridized carbons (Fsp3) is 0.667. The summed E-state index contributed by atoms with van der Waals surface area (Å²) >= 11 is 0. The lowest BCUT2D eigenvalue weighted by atomic mass is 10.4. The Labute approximate surface area is 86.1 Å². The highest BCUT2D eigenvalue weighted by Crippen LogP contribution is 2.08. The number of aryl methyl sites for hydroxylation is 1. The molecule has 1 aliphatic heterocycles. The van der Waals surface area contributed by atoms with Gasteiger partial charge in [-0.2, -0.15) is 4.98 Å². The number of hydrogen-bond donors (Lipinski definition) is 0. The molecule has 0 aliphatic carbocycles. The predicted molar refractivity (Wildman–Crippen MR) is 52.9 cm³/mol. The van der Waals surface area contributed by atoms with Crippen LogP contribution in [0.15, 0.2) is 9.59 Å². The first kappa shape index (κ1) is 10.1. The summed E-state index contributed by atoms with van der Waals surface area (Å²) in [6.45, 7) is 4.95. The van der Waals surface area contributed by atoms with Crippen LogP contribution in [0.3, 0.4) is 0 Å². The molecule has 0 N–H and O–H groups in total. The largest absolute Gasteiger partial charge is 0.371 e. The van der Waals surface area contributed by atoms with Gasteiger partial charge in [-0.15, -0.1) is 0 Å². The average Bonchev–Trinajstić information content (AvgIpc) is 2.96. The normalized spacial score (nSPS) is 19.2. The highest BCUT2D eigenvalue weighted by atomic mass is 16.6. The Kier molecular flexibility index (Phi) is 2.44. The second-order valence-electron chi connectivity index (χ2n) is 3.53. The molecule has 2 heterocycles. The van der Waals surface area contributed by atoms with Crippen LogP contribution < -0.4 is 11.4 Å². The molecule has 1 atom stereocenters. The van der Waals surface area contributed by atoms with E-state index in [9.17, 15) is 9.59 Å². The number of aromatic nitrogens is 3. The van der Waals surface area contributed by atoms with Crippen LogP contribution in [0.25, 0.3) is 0 Å². The topological polar surface area (TPSA) is 69.4 Å². The van der Waals surface area contributed by atoms with E-state index in [1.807, 2.05) is 6.92 Å². The Bertz CT molecular complexity index is 484. The van der Waals surface area contributed by atoms with Gasteiger partial charge < -0.3 is 4.74 Å². The van der Waals surface area contributed by atoms with Gasteiger partial charge in [0, 0.05) is 6.54 Å². The van der Waals surface area contributed by atoms with Crippen molar-refractivity contribution in [3.8, 4) is 0 Å². The molecular weight excluding hydrogens is 198 g/mol. The van der Waals surface area contributed by atoms with E-state index in [4.69, 9.17) is 4.74 Å². The fourth-order valence-corrected chi connectivity index (χ4v) is 1.52.